The summed E-state index contributed by atoms with van der Waals surface area (Å²) in [6.07, 6.45) is 3.33. The second kappa shape index (κ2) is 7.37. The Morgan fingerprint density at radius 1 is 1.14 bits per heavy atom. The van der Waals surface area contributed by atoms with Crippen LogP contribution in [0.15, 0.2) is 36.9 Å². The highest BCUT2D eigenvalue weighted by atomic mass is 19.3. The molecule has 0 fully saturated rings. The number of alkyl halides is 2. The van der Waals surface area contributed by atoms with Crippen LogP contribution < -0.4 is 0 Å². The van der Waals surface area contributed by atoms with E-state index < -0.39 is 18.1 Å². The van der Waals surface area contributed by atoms with Crippen LogP contribution in [0, 0.1) is 5.82 Å². The number of rotatable bonds is 6. The number of fused-ring (bicyclic) bond motifs is 1. The van der Waals surface area contributed by atoms with E-state index >= 15 is 0 Å². The van der Waals surface area contributed by atoms with Crippen molar-refractivity contribution >= 4 is 5.65 Å². The van der Waals surface area contributed by atoms with E-state index in [1.54, 1.807) is 12.3 Å². The van der Waals surface area contributed by atoms with Gasteiger partial charge in [-0.2, -0.15) is 5.10 Å². The molecule has 4 heterocycles. The van der Waals surface area contributed by atoms with Crippen molar-refractivity contribution in [2.24, 2.45) is 0 Å². The van der Waals surface area contributed by atoms with E-state index in [9.17, 15) is 13.2 Å². The van der Waals surface area contributed by atoms with E-state index in [1.807, 2.05) is 6.92 Å². The minimum atomic E-state index is -2.76. The third-order valence-electron chi connectivity index (χ3n) is 4.29. The standard InChI is InChI=1S/C18H16F3N7/c1-2-4-12-14(23-10-27-17(12)25-16(26-27)15(20)21)9-11-6-8-24-28(11)18-13(19)5-3-7-22-18/h3,5-8,10,15H,2,4,9H2,1H3. The summed E-state index contributed by atoms with van der Waals surface area (Å²) in [6.45, 7) is 1.98. The van der Waals surface area contributed by atoms with Crippen LogP contribution >= 0.6 is 0 Å². The zero-order valence-corrected chi connectivity index (χ0v) is 14.9. The van der Waals surface area contributed by atoms with Crippen LogP contribution in [0.2, 0.25) is 0 Å². The van der Waals surface area contributed by atoms with Crippen LogP contribution in [-0.4, -0.2) is 34.3 Å². The van der Waals surface area contributed by atoms with Crippen LogP contribution in [0.3, 0.4) is 0 Å². The summed E-state index contributed by atoms with van der Waals surface area (Å²) in [7, 11) is 0. The van der Waals surface area contributed by atoms with Gasteiger partial charge in [-0.15, -0.1) is 5.10 Å². The van der Waals surface area contributed by atoms with Gasteiger partial charge in [-0.1, -0.05) is 13.3 Å². The van der Waals surface area contributed by atoms with Gasteiger partial charge >= 0.3 is 0 Å². The van der Waals surface area contributed by atoms with Crippen LogP contribution in [-0.2, 0) is 12.8 Å². The Bertz CT molecular complexity index is 1120. The molecule has 0 aliphatic heterocycles. The molecule has 0 spiro atoms. The number of nitrogens with zero attached hydrogens (tertiary/aromatic N) is 7. The molecule has 0 bridgehead atoms. The SMILES string of the molecule is CCCc1c(Cc2ccnn2-c2ncccc2F)ncn2nc(C(F)F)nc12. The second-order valence-electron chi connectivity index (χ2n) is 6.18. The first-order chi connectivity index (χ1) is 13.6. The zero-order chi connectivity index (χ0) is 19.7. The molecule has 0 radical (unpaired) electrons. The van der Waals surface area contributed by atoms with Gasteiger partial charge in [-0.05, 0) is 24.6 Å². The highest BCUT2D eigenvalue weighted by Crippen LogP contribution is 2.22. The third kappa shape index (κ3) is 3.21. The van der Waals surface area contributed by atoms with Gasteiger partial charge in [0.15, 0.2) is 17.3 Å². The summed E-state index contributed by atoms with van der Waals surface area (Å²) in [5.74, 6) is -0.941. The number of aromatic nitrogens is 7. The average molecular weight is 387 g/mol. The number of hydrogen-bond acceptors (Lipinski definition) is 5. The van der Waals surface area contributed by atoms with Crippen molar-refractivity contribution in [1.82, 2.24) is 34.3 Å². The number of pyridine rings is 1. The van der Waals surface area contributed by atoms with Gasteiger partial charge in [0, 0.05) is 24.4 Å². The Morgan fingerprint density at radius 2 is 2.00 bits per heavy atom. The summed E-state index contributed by atoms with van der Waals surface area (Å²) in [4.78, 5) is 12.4. The molecule has 0 saturated heterocycles. The summed E-state index contributed by atoms with van der Waals surface area (Å²) < 4.78 is 42.8. The van der Waals surface area contributed by atoms with E-state index in [4.69, 9.17) is 0 Å². The summed E-state index contributed by atoms with van der Waals surface area (Å²) in [6, 6.07) is 4.55. The monoisotopic (exact) mass is 387 g/mol. The first-order valence-corrected chi connectivity index (χ1v) is 8.73. The predicted octanol–water partition coefficient (Wildman–Crippen LogP) is 3.33. The van der Waals surface area contributed by atoms with Crippen LogP contribution in [0.1, 0.15) is 42.5 Å². The fourth-order valence-electron chi connectivity index (χ4n) is 3.07. The van der Waals surface area contributed by atoms with E-state index in [0.29, 0.717) is 29.9 Å². The molecule has 4 aromatic rings. The summed E-state index contributed by atoms with van der Waals surface area (Å²) in [5, 5.41) is 7.95. The van der Waals surface area contributed by atoms with Gasteiger partial charge in [-0.3, -0.25) is 0 Å². The summed E-state index contributed by atoms with van der Waals surface area (Å²) in [5.41, 5.74) is 2.41. The van der Waals surface area contributed by atoms with Gasteiger partial charge in [0.1, 0.15) is 6.33 Å². The third-order valence-corrected chi connectivity index (χ3v) is 4.29. The molecule has 0 atom stereocenters. The van der Waals surface area contributed by atoms with E-state index in [-0.39, 0.29) is 5.82 Å². The van der Waals surface area contributed by atoms with Gasteiger partial charge in [-0.25, -0.2) is 37.3 Å². The number of hydrogen-bond donors (Lipinski definition) is 0. The maximum Gasteiger partial charge on any atom is 0.299 e. The van der Waals surface area contributed by atoms with Gasteiger partial charge in [0.2, 0.25) is 5.82 Å². The Hall–Kier alpha value is -3.30. The molecule has 4 aromatic heterocycles. The molecule has 28 heavy (non-hydrogen) atoms. The predicted molar refractivity (Wildman–Crippen MR) is 93.9 cm³/mol. The minimum absolute atomic E-state index is 0.0862. The lowest BCUT2D eigenvalue weighted by molar-refractivity contribution is 0.140. The molecule has 10 heteroatoms. The Labute approximate surface area is 157 Å². The van der Waals surface area contributed by atoms with E-state index in [2.05, 4.69) is 25.1 Å². The fraction of sp³-hybridized carbons (Fsp3) is 0.278. The maximum absolute atomic E-state index is 14.1. The van der Waals surface area contributed by atoms with Crippen molar-refractivity contribution in [3.8, 4) is 5.82 Å². The maximum atomic E-state index is 14.1. The van der Waals surface area contributed by atoms with Crippen molar-refractivity contribution in [3.63, 3.8) is 0 Å². The molecule has 0 saturated carbocycles. The second-order valence-corrected chi connectivity index (χ2v) is 6.18. The normalized spacial score (nSPS) is 11.6. The van der Waals surface area contributed by atoms with E-state index in [1.165, 1.54) is 33.9 Å². The topological polar surface area (TPSA) is 73.8 Å². The highest BCUT2D eigenvalue weighted by molar-refractivity contribution is 5.50. The lowest BCUT2D eigenvalue weighted by Crippen LogP contribution is -2.10. The van der Waals surface area contributed by atoms with Gasteiger partial charge in [0.25, 0.3) is 6.43 Å². The molecule has 0 N–H and O–H groups in total. The average Bonchev–Trinajstić information content (AvgIpc) is 3.31. The zero-order valence-electron chi connectivity index (χ0n) is 14.9. The van der Waals surface area contributed by atoms with Crippen LogP contribution in [0.5, 0.6) is 0 Å². The Balaban J connectivity index is 1.78. The van der Waals surface area contributed by atoms with Crippen LogP contribution in [0.4, 0.5) is 13.2 Å². The molecular formula is C18H16F3N7. The molecule has 0 aliphatic rings. The molecular weight excluding hydrogens is 371 g/mol. The van der Waals surface area contributed by atoms with Crippen LogP contribution in [0.25, 0.3) is 11.5 Å². The molecule has 4 rings (SSSR count). The molecule has 7 nitrogen and oxygen atoms in total. The first kappa shape index (κ1) is 18.1. The van der Waals surface area contributed by atoms with Gasteiger partial charge < -0.3 is 0 Å². The van der Waals surface area contributed by atoms with Crippen molar-refractivity contribution in [2.45, 2.75) is 32.6 Å². The van der Waals surface area contributed by atoms with Crippen molar-refractivity contribution in [3.05, 3.63) is 65.5 Å². The summed E-state index contributed by atoms with van der Waals surface area (Å²) >= 11 is 0. The number of aryl methyl sites for hydroxylation is 1. The molecule has 0 unspecified atom stereocenters. The van der Waals surface area contributed by atoms with Crippen molar-refractivity contribution in [1.29, 1.82) is 0 Å². The van der Waals surface area contributed by atoms with Crippen molar-refractivity contribution < 1.29 is 13.2 Å². The molecule has 144 valence electrons. The number of halogens is 3. The smallest absolute Gasteiger partial charge is 0.240 e. The molecule has 0 aliphatic carbocycles. The molecule has 0 aromatic carbocycles. The fourth-order valence-corrected chi connectivity index (χ4v) is 3.07. The lowest BCUT2D eigenvalue weighted by Gasteiger charge is -2.11. The largest absolute Gasteiger partial charge is 0.299 e. The molecule has 0 amide bonds. The first-order valence-electron chi connectivity index (χ1n) is 8.73. The van der Waals surface area contributed by atoms with Gasteiger partial charge in [0.05, 0.1) is 11.4 Å². The Morgan fingerprint density at radius 3 is 2.75 bits per heavy atom. The minimum Gasteiger partial charge on any atom is -0.240 e. The quantitative estimate of drug-likeness (QED) is 0.507. The Kier molecular flexibility index (Phi) is 4.76. The van der Waals surface area contributed by atoms with E-state index in [0.717, 1.165) is 12.0 Å². The lowest BCUT2D eigenvalue weighted by atomic mass is 10.1. The highest BCUT2D eigenvalue weighted by Gasteiger charge is 2.20. The van der Waals surface area contributed by atoms with Crippen molar-refractivity contribution in [2.75, 3.05) is 0 Å².